The average molecular weight is 478 g/mol. The number of piperidine rings is 1. The van der Waals surface area contributed by atoms with E-state index < -0.39 is 27.9 Å². The monoisotopic (exact) mass is 477 g/mol. The van der Waals surface area contributed by atoms with E-state index in [1.165, 1.54) is 17.4 Å². The van der Waals surface area contributed by atoms with Crippen LogP contribution in [0.15, 0.2) is 28.3 Å². The highest BCUT2D eigenvalue weighted by molar-refractivity contribution is 7.99. The largest absolute Gasteiger partial charge is 0.451 e. The van der Waals surface area contributed by atoms with Gasteiger partial charge in [0, 0.05) is 25.8 Å². The van der Waals surface area contributed by atoms with Gasteiger partial charge in [0.15, 0.2) is 5.16 Å². The number of aromatic nitrogens is 3. The van der Waals surface area contributed by atoms with Gasteiger partial charge in [-0.2, -0.15) is 17.5 Å². The highest BCUT2D eigenvalue weighted by Crippen LogP contribution is 2.30. The molecule has 13 heteroatoms. The Morgan fingerprint density at radius 1 is 1.19 bits per heavy atom. The number of anilines is 1. The Bertz CT molecular complexity index is 1060. The molecule has 0 spiro atoms. The van der Waals surface area contributed by atoms with Crippen molar-refractivity contribution in [3.05, 3.63) is 29.6 Å². The molecule has 1 aliphatic rings. The van der Waals surface area contributed by atoms with Gasteiger partial charge in [-0.05, 0) is 37.5 Å². The van der Waals surface area contributed by atoms with E-state index in [0.717, 1.165) is 35.6 Å². The summed E-state index contributed by atoms with van der Waals surface area (Å²) in [5, 5.41) is 9.10. The van der Waals surface area contributed by atoms with Gasteiger partial charge < -0.3 is 9.88 Å². The number of aryl methyl sites for hydroxylation is 1. The van der Waals surface area contributed by atoms with Crippen molar-refractivity contribution in [2.45, 2.75) is 42.4 Å². The highest BCUT2D eigenvalue weighted by Gasteiger charge is 2.37. The number of sulfonamides is 1. The lowest BCUT2D eigenvalue weighted by atomic mass is 10.2. The second-order valence-corrected chi connectivity index (χ2v) is 9.99. The smallest absolute Gasteiger partial charge is 0.325 e. The van der Waals surface area contributed by atoms with Crippen molar-refractivity contribution in [2.24, 2.45) is 7.05 Å². The third-order valence-electron chi connectivity index (χ3n) is 4.83. The van der Waals surface area contributed by atoms with E-state index in [1.54, 1.807) is 19.1 Å². The van der Waals surface area contributed by atoms with Crippen molar-refractivity contribution in [3.63, 3.8) is 0 Å². The lowest BCUT2D eigenvalue weighted by Gasteiger charge is -2.26. The van der Waals surface area contributed by atoms with Crippen molar-refractivity contribution < 1.29 is 26.4 Å². The fourth-order valence-corrected chi connectivity index (χ4v) is 5.69. The Labute approximate surface area is 182 Å². The summed E-state index contributed by atoms with van der Waals surface area (Å²) in [7, 11) is -2.51. The molecule has 0 radical (unpaired) electrons. The van der Waals surface area contributed by atoms with Gasteiger partial charge in [-0.3, -0.25) is 4.79 Å². The van der Waals surface area contributed by atoms with E-state index in [1.807, 2.05) is 0 Å². The van der Waals surface area contributed by atoms with Gasteiger partial charge in [0.2, 0.25) is 21.8 Å². The highest BCUT2D eigenvalue weighted by atomic mass is 32.2. The van der Waals surface area contributed by atoms with Crippen LogP contribution < -0.4 is 5.32 Å². The number of amides is 1. The summed E-state index contributed by atoms with van der Waals surface area (Å²) in [6.07, 6.45) is -2.02. The van der Waals surface area contributed by atoms with Crippen LogP contribution >= 0.6 is 11.8 Å². The maximum Gasteiger partial charge on any atom is 0.451 e. The van der Waals surface area contributed by atoms with Crippen molar-refractivity contribution in [3.8, 4) is 0 Å². The normalized spacial score (nSPS) is 15.8. The molecule has 1 amide bonds. The fraction of sp³-hybridized carbons (Fsp3) is 0.500. The molecule has 1 saturated heterocycles. The Morgan fingerprint density at radius 2 is 1.87 bits per heavy atom. The molecule has 0 bridgehead atoms. The minimum atomic E-state index is -4.64. The Balaban J connectivity index is 1.68. The van der Waals surface area contributed by atoms with E-state index in [-0.39, 0.29) is 15.8 Å². The van der Waals surface area contributed by atoms with Gasteiger partial charge in [0.05, 0.1) is 10.6 Å². The summed E-state index contributed by atoms with van der Waals surface area (Å²) < 4.78 is 66.5. The molecule has 8 nitrogen and oxygen atoms in total. The number of thioether (sulfide) groups is 1. The predicted octanol–water partition coefficient (Wildman–Crippen LogP) is 3.05. The molecule has 1 N–H and O–H groups in total. The Hall–Kier alpha value is -2.12. The van der Waals surface area contributed by atoms with E-state index >= 15 is 0 Å². The first-order chi connectivity index (χ1) is 14.5. The van der Waals surface area contributed by atoms with Crippen LogP contribution in [0.25, 0.3) is 0 Å². The van der Waals surface area contributed by atoms with Crippen LogP contribution in [0.2, 0.25) is 0 Å². The number of nitrogens with one attached hydrogen (secondary N) is 1. The van der Waals surface area contributed by atoms with Crippen LogP contribution in [0.3, 0.4) is 0 Å². The maximum absolute atomic E-state index is 13.0. The van der Waals surface area contributed by atoms with Gasteiger partial charge in [0.25, 0.3) is 0 Å². The third kappa shape index (κ3) is 5.39. The fourth-order valence-electron chi connectivity index (χ4n) is 3.21. The minimum Gasteiger partial charge on any atom is -0.325 e. The van der Waals surface area contributed by atoms with E-state index in [4.69, 9.17) is 0 Å². The number of rotatable bonds is 6. The van der Waals surface area contributed by atoms with Crippen molar-refractivity contribution in [1.29, 1.82) is 0 Å². The molecular weight excluding hydrogens is 455 g/mol. The topological polar surface area (TPSA) is 97.2 Å². The third-order valence-corrected chi connectivity index (χ3v) is 7.89. The number of carbonyl (C=O) groups excluding carboxylic acids is 1. The van der Waals surface area contributed by atoms with Crippen LogP contribution in [-0.4, -0.2) is 52.2 Å². The Morgan fingerprint density at radius 3 is 2.48 bits per heavy atom. The maximum atomic E-state index is 13.0. The van der Waals surface area contributed by atoms with Crippen molar-refractivity contribution >= 4 is 33.4 Å². The van der Waals surface area contributed by atoms with Gasteiger partial charge in [-0.25, -0.2) is 8.42 Å². The van der Waals surface area contributed by atoms with Crippen molar-refractivity contribution in [1.82, 2.24) is 19.1 Å². The van der Waals surface area contributed by atoms with Crippen LogP contribution in [0.1, 0.15) is 30.7 Å². The second kappa shape index (κ2) is 9.17. The molecule has 1 fully saturated rings. The molecule has 1 aromatic heterocycles. The molecule has 0 unspecified atom stereocenters. The van der Waals surface area contributed by atoms with E-state index in [9.17, 15) is 26.4 Å². The first-order valence-electron chi connectivity index (χ1n) is 9.50. The first kappa shape index (κ1) is 23.5. The molecule has 0 atom stereocenters. The standard InChI is InChI=1S/C18H22F3N5O3S2/c1-12-6-7-13(10-14(12)31(28,29)26-8-4-3-5-9-26)22-15(27)11-30-17-24-23-16(25(17)2)18(19,20)21/h6-7,10H,3-5,8-9,11H2,1-2H3,(H,22,27). The molecule has 2 heterocycles. The minimum absolute atomic E-state index is 0.0558. The number of benzene rings is 1. The van der Waals surface area contributed by atoms with Gasteiger partial charge in [0.1, 0.15) is 0 Å². The molecule has 2 aromatic rings. The molecule has 170 valence electrons. The summed E-state index contributed by atoms with van der Waals surface area (Å²) in [4.78, 5) is 12.4. The number of alkyl halides is 3. The van der Waals surface area contributed by atoms with Crippen LogP contribution in [0.4, 0.5) is 18.9 Å². The molecule has 1 aliphatic heterocycles. The number of hydrogen-bond acceptors (Lipinski definition) is 6. The Kier molecular flexibility index (Phi) is 6.96. The summed E-state index contributed by atoms with van der Waals surface area (Å²) >= 11 is 0.798. The van der Waals surface area contributed by atoms with Gasteiger partial charge in [-0.15, -0.1) is 10.2 Å². The molecule has 0 aliphatic carbocycles. The number of halogens is 3. The van der Waals surface area contributed by atoms with Gasteiger partial charge in [-0.1, -0.05) is 24.2 Å². The first-order valence-corrected chi connectivity index (χ1v) is 11.9. The molecule has 31 heavy (non-hydrogen) atoms. The molecular formula is C18H22F3N5O3S2. The molecule has 3 rings (SSSR count). The summed E-state index contributed by atoms with van der Waals surface area (Å²) in [6, 6.07) is 4.60. The molecule has 0 saturated carbocycles. The summed E-state index contributed by atoms with van der Waals surface area (Å²) in [5.74, 6) is -1.88. The van der Waals surface area contributed by atoms with E-state index in [0.29, 0.717) is 24.3 Å². The average Bonchev–Trinajstić information content (AvgIpc) is 3.09. The van der Waals surface area contributed by atoms with E-state index in [2.05, 4.69) is 15.5 Å². The molecule has 1 aromatic carbocycles. The van der Waals surface area contributed by atoms with Crippen LogP contribution in [0.5, 0.6) is 0 Å². The summed E-state index contributed by atoms with van der Waals surface area (Å²) in [6.45, 7) is 2.61. The lowest BCUT2D eigenvalue weighted by Crippen LogP contribution is -2.36. The number of hydrogen-bond donors (Lipinski definition) is 1. The van der Waals surface area contributed by atoms with Crippen LogP contribution in [0, 0.1) is 6.92 Å². The zero-order chi connectivity index (χ0) is 22.8. The van der Waals surface area contributed by atoms with Gasteiger partial charge >= 0.3 is 6.18 Å². The zero-order valence-corrected chi connectivity index (χ0v) is 18.6. The summed E-state index contributed by atoms with van der Waals surface area (Å²) in [5.41, 5.74) is 0.859. The lowest BCUT2D eigenvalue weighted by molar-refractivity contribution is -0.147. The number of nitrogens with zero attached hydrogens (tertiary/aromatic N) is 4. The SMILES string of the molecule is Cc1ccc(NC(=O)CSc2nnc(C(F)(F)F)n2C)cc1S(=O)(=O)N1CCCCC1. The predicted molar refractivity (Wildman–Crippen MR) is 109 cm³/mol. The number of carbonyl (C=O) groups is 1. The van der Waals surface area contributed by atoms with Crippen LogP contribution in [-0.2, 0) is 28.0 Å². The zero-order valence-electron chi connectivity index (χ0n) is 16.9. The van der Waals surface area contributed by atoms with Crippen molar-refractivity contribution in [2.75, 3.05) is 24.2 Å². The quantitative estimate of drug-likeness (QED) is 0.643. The second-order valence-electron chi connectivity index (χ2n) is 7.14.